The van der Waals surface area contributed by atoms with E-state index in [9.17, 15) is 9.59 Å². The van der Waals surface area contributed by atoms with Crippen molar-refractivity contribution in [2.75, 3.05) is 14.2 Å². The van der Waals surface area contributed by atoms with Gasteiger partial charge >= 0.3 is 11.9 Å². The molecule has 2 heterocycles. The fourth-order valence-corrected chi connectivity index (χ4v) is 2.14. The molecule has 0 spiro atoms. The first-order valence-electron chi connectivity index (χ1n) is 8.70. The summed E-state index contributed by atoms with van der Waals surface area (Å²) in [4.78, 5) is 30.6. The number of ether oxygens (including phenoxy) is 2. The number of pyridine rings is 2. The standard InChI is InChI=1S/C22H20N2O4/c1-27-21(25)19-13-11-17(15-23-19)9-7-5-3-4-6-8-10-18-12-14-20(24-16-18)22(26)28-2/h11-16H,3-6H2,1-2H3. The van der Waals surface area contributed by atoms with Crippen LogP contribution in [0.15, 0.2) is 36.7 Å². The number of hydrogen-bond acceptors (Lipinski definition) is 6. The quantitative estimate of drug-likeness (QED) is 0.453. The molecule has 2 aromatic heterocycles. The number of methoxy groups -OCH3 is 2. The van der Waals surface area contributed by atoms with Crippen LogP contribution < -0.4 is 0 Å². The van der Waals surface area contributed by atoms with E-state index in [2.05, 4.69) is 43.1 Å². The average Bonchev–Trinajstić information content (AvgIpc) is 2.75. The molecule has 0 aromatic carbocycles. The summed E-state index contributed by atoms with van der Waals surface area (Å²) in [7, 11) is 2.64. The van der Waals surface area contributed by atoms with Gasteiger partial charge in [-0.05, 0) is 37.1 Å². The van der Waals surface area contributed by atoms with Gasteiger partial charge in [-0.3, -0.25) is 0 Å². The van der Waals surface area contributed by atoms with E-state index in [1.54, 1.807) is 36.7 Å². The Hall–Kier alpha value is -3.64. The maximum absolute atomic E-state index is 11.3. The van der Waals surface area contributed by atoms with Crippen LogP contribution in [0.4, 0.5) is 0 Å². The summed E-state index contributed by atoms with van der Waals surface area (Å²) in [5.74, 6) is 11.3. The Balaban J connectivity index is 1.70. The van der Waals surface area contributed by atoms with Gasteiger partial charge in [-0.2, -0.15) is 0 Å². The number of carbonyl (C=O) groups is 2. The van der Waals surface area contributed by atoms with Crippen LogP contribution in [0, 0.1) is 23.7 Å². The van der Waals surface area contributed by atoms with Crippen molar-refractivity contribution < 1.29 is 19.1 Å². The highest BCUT2D eigenvalue weighted by Crippen LogP contribution is 2.03. The van der Waals surface area contributed by atoms with Crippen LogP contribution in [0.5, 0.6) is 0 Å². The molecule has 6 heteroatoms. The van der Waals surface area contributed by atoms with Gasteiger partial charge in [0.25, 0.3) is 0 Å². The lowest BCUT2D eigenvalue weighted by molar-refractivity contribution is 0.0585. The van der Waals surface area contributed by atoms with Crippen molar-refractivity contribution in [1.29, 1.82) is 0 Å². The minimum Gasteiger partial charge on any atom is -0.464 e. The van der Waals surface area contributed by atoms with Crippen molar-refractivity contribution in [2.24, 2.45) is 0 Å². The van der Waals surface area contributed by atoms with Gasteiger partial charge in [-0.25, -0.2) is 19.6 Å². The maximum Gasteiger partial charge on any atom is 0.356 e. The number of hydrogen-bond donors (Lipinski definition) is 0. The predicted octanol–water partition coefficient (Wildman–Crippen LogP) is 3.01. The third-order valence-electron chi connectivity index (χ3n) is 3.64. The lowest BCUT2D eigenvalue weighted by Gasteiger charge is -1.97. The second-order valence-corrected chi connectivity index (χ2v) is 5.66. The Morgan fingerprint density at radius 1 is 0.786 bits per heavy atom. The molecule has 0 saturated heterocycles. The number of carbonyl (C=O) groups excluding carboxylic acids is 2. The van der Waals surface area contributed by atoms with Gasteiger partial charge in [-0.1, -0.05) is 23.7 Å². The molecule has 0 aliphatic carbocycles. The highest BCUT2D eigenvalue weighted by Gasteiger charge is 2.05. The molecule has 0 bridgehead atoms. The molecule has 28 heavy (non-hydrogen) atoms. The summed E-state index contributed by atoms with van der Waals surface area (Å²) in [6.07, 6.45) is 6.52. The van der Waals surface area contributed by atoms with E-state index in [0.717, 1.165) is 36.8 Å². The molecule has 0 atom stereocenters. The van der Waals surface area contributed by atoms with Crippen molar-refractivity contribution in [2.45, 2.75) is 25.7 Å². The van der Waals surface area contributed by atoms with E-state index in [1.165, 1.54) is 14.2 Å². The summed E-state index contributed by atoms with van der Waals surface area (Å²) >= 11 is 0. The Bertz CT molecular complexity index is 847. The Labute approximate surface area is 164 Å². The monoisotopic (exact) mass is 376 g/mol. The third kappa shape index (κ3) is 6.59. The number of nitrogens with zero attached hydrogens (tertiary/aromatic N) is 2. The molecule has 0 unspecified atom stereocenters. The number of rotatable bonds is 5. The minimum atomic E-state index is -0.462. The van der Waals surface area contributed by atoms with Crippen LogP contribution in [-0.2, 0) is 9.47 Å². The van der Waals surface area contributed by atoms with Crippen LogP contribution in [-0.4, -0.2) is 36.1 Å². The number of esters is 2. The smallest absolute Gasteiger partial charge is 0.356 e. The largest absolute Gasteiger partial charge is 0.464 e. The van der Waals surface area contributed by atoms with Crippen molar-refractivity contribution in [1.82, 2.24) is 9.97 Å². The molecule has 0 radical (unpaired) electrons. The first kappa shape index (κ1) is 20.7. The van der Waals surface area contributed by atoms with Gasteiger partial charge in [-0.15, -0.1) is 0 Å². The fraction of sp³-hybridized carbons (Fsp3) is 0.273. The molecule has 0 saturated carbocycles. The summed E-state index contributed by atoms with van der Waals surface area (Å²) in [6, 6.07) is 6.69. The topological polar surface area (TPSA) is 78.4 Å². The van der Waals surface area contributed by atoms with E-state index in [4.69, 9.17) is 0 Å². The minimum absolute atomic E-state index is 0.266. The molecule has 0 amide bonds. The van der Waals surface area contributed by atoms with Gasteiger partial charge in [0, 0.05) is 36.4 Å². The zero-order chi connectivity index (χ0) is 20.2. The molecule has 0 fully saturated rings. The van der Waals surface area contributed by atoms with E-state index in [-0.39, 0.29) is 11.4 Å². The first-order valence-corrected chi connectivity index (χ1v) is 8.70. The maximum atomic E-state index is 11.3. The van der Waals surface area contributed by atoms with Gasteiger partial charge in [0.05, 0.1) is 14.2 Å². The number of aromatic nitrogens is 2. The zero-order valence-corrected chi connectivity index (χ0v) is 15.8. The van der Waals surface area contributed by atoms with E-state index in [1.807, 2.05) is 0 Å². The first-order chi connectivity index (χ1) is 13.6. The number of unbranched alkanes of at least 4 members (excludes halogenated alkanes) is 3. The second kappa shape index (κ2) is 11.2. The lowest BCUT2D eigenvalue weighted by atomic mass is 10.1. The van der Waals surface area contributed by atoms with Crippen LogP contribution in [0.3, 0.4) is 0 Å². The van der Waals surface area contributed by atoms with Crippen molar-refractivity contribution in [3.05, 3.63) is 59.2 Å². The second-order valence-electron chi connectivity index (χ2n) is 5.66. The van der Waals surface area contributed by atoms with Gasteiger partial charge in [0.1, 0.15) is 11.4 Å². The molecule has 0 aliphatic rings. The normalized spacial score (nSPS) is 9.36. The molecule has 142 valence electrons. The summed E-state index contributed by atoms with van der Waals surface area (Å²) in [5, 5.41) is 0. The third-order valence-corrected chi connectivity index (χ3v) is 3.64. The summed E-state index contributed by atoms with van der Waals surface area (Å²) < 4.78 is 9.20. The van der Waals surface area contributed by atoms with Crippen molar-refractivity contribution in [3.8, 4) is 23.7 Å². The molecular formula is C22H20N2O4. The highest BCUT2D eigenvalue weighted by molar-refractivity contribution is 5.87. The predicted molar refractivity (Wildman–Crippen MR) is 103 cm³/mol. The van der Waals surface area contributed by atoms with Gasteiger partial charge < -0.3 is 9.47 Å². The molecule has 6 nitrogen and oxygen atoms in total. The molecular weight excluding hydrogens is 356 g/mol. The Morgan fingerprint density at radius 3 is 1.54 bits per heavy atom. The molecule has 2 rings (SSSR count). The lowest BCUT2D eigenvalue weighted by Crippen LogP contribution is -2.03. The molecule has 0 aliphatic heterocycles. The summed E-state index contributed by atoms with van der Waals surface area (Å²) in [5.41, 5.74) is 2.05. The van der Waals surface area contributed by atoms with E-state index in [0.29, 0.717) is 0 Å². The molecule has 0 N–H and O–H groups in total. The van der Waals surface area contributed by atoms with Crippen molar-refractivity contribution >= 4 is 11.9 Å². The van der Waals surface area contributed by atoms with Crippen LogP contribution in [0.1, 0.15) is 57.8 Å². The van der Waals surface area contributed by atoms with Crippen LogP contribution in [0.2, 0.25) is 0 Å². The Morgan fingerprint density at radius 2 is 1.21 bits per heavy atom. The van der Waals surface area contributed by atoms with Gasteiger partial charge in [0.2, 0.25) is 0 Å². The van der Waals surface area contributed by atoms with Crippen LogP contribution >= 0.6 is 0 Å². The highest BCUT2D eigenvalue weighted by atomic mass is 16.5. The van der Waals surface area contributed by atoms with Crippen molar-refractivity contribution in [3.63, 3.8) is 0 Å². The van der Waals surface area contributed by atoms with E-state index < -0.39 is 11.9 Å². The van der Waals surface area contributed by atoms with Crippen LogP contribution in [0.25, 0.3) is 0 Å². The fourth-order valence-electron chi connectivity index (χ4n) is 2.14. The Kier molecular flexibility index (Phi) is 8.23. The van der Waals surface area contributed by atoms with E-state index >= 15 is 0 Å². The SMILES string of the molecule is COC(=O)c1ccc(C#CCCCCC#Cc2ccc(C(=O)OC)nc2)cn1. The zero-order valence-electron chi connectivity index (χ0n) is 15.8. The molecule has 2 aromatic rings. The average molecular weight is 376 g/mol. The summed E-state index contributed by atoms with van der Waals surface area (Å²) in [6.45, 7) is 0. The van der Waals surface area contributed by atoms with Gasteiger partial charge in [0.15, 0.2) is 0 Å².